The third kappa shape index (κ3) is 3.30. The number of aromatic nitrogens is 1. The van der Waals surface area contributed by atoms with Crippen LogP contribution in [0.2, 0.25) is 0 Å². The molecule has 0 aliphatic carbocycles. The highest BCUT2D eigenvalue weighted by Gasteiger charge is 2.19. The first-order valence-corrected chi connectivity index (χ1v) is 5.78. The molecule has 0 radical (unpaired) electrons. The van der Waals surface area contributed by atoms with Gasteiger partial charge in [-0.1, -0.05) is 12.1 Å². The number of carbonyl (C=O) groups excluding carboxylic acids is 1. The third-order valence-corrected chi connectivity index (χ3v) is 2.88. The van der Waals surface area contributed by atoms with Crippen molar-refractivity contribution >= 4 is 5.91 Å². The fourth-order valence-corrected chi connectivity index (χ4v) is 1.81. The third-order valence-electron chi connectivity index (χ3n) is 2.88. The Kier molecular flexibility index (Phi) is 4.69. The Hall–Kier alpha value is -1.36. The first-order valence-electron chi connectivity index (χ1n) is 5.78. The molecule has 1 N–H and O–H groups in total. The van der Waals surface area contributed by atoms with Gasteiger partial charge in [0.15, 0.2) is 0 Å². The fraction of sp³-hybridized carbons (Fsp3) is 0.667. The van der Waals surface area contributed by atoms with Gasteiger partial charge in [0.2, 0.25) is 5.91 Å². The van der Waals surface area contributed by atoms with Gasteiger partial charge in [0.25, 0.3) is 0 Å². The van der Waals surface area contributed by atoms with Gasteiger partial charge in [-0.2, -0.15) is 0 Å². The topological polar surface area (TPSA) is 58.4 Å². The van der Waals surface area contributed by atoms with E-state index in [2.05, 4.69) is 10.5 Å². The zero-order valence-corrected chi connectivity index (χ0v) is 11.2. The lowest BCUT2D eigenvalue weighted by Gasteiger charge is -2.21. The molecule has 0 fully saturated rings. The second-order valence-corrected chi connectivity index (χ2v) is 4.46. The van der Waals surface area contributed by atoms with Crippen LogP contribution < -0.4 is 5.32 Å². The van der Waals surface area contributed by atoms with Crippen molar-refractivity contribution in [3.63, 3.8) is 0 Å². The predicted molar refractivity (Wildman–Crippen MR) is 65.5 cm³/mol. The van der Waals surface area contributed by atoms with Gasteiger partial charge in [-0.25, -0.2) is 0 Å². The standard InChI is InChI=1S/C12H21N3O2/c1-8(6-13-4)12(16)15(5)7-11-9(2)14-17-10(11)3/h8,13H,6-7H2,1-5H3. The first-order chi connectivity index (χ1) is 7.97. The van der Waals surface area contributed by atoms with Gasteiger partial charge >= 0.3 is 0 Å². The molecule has 0 saturated carbocycles. The van der Waals surface area contributed by atoms with Crippen molar-refractivity contribution in [2.45, 2.75) is 27.3 Å². The zero-order chi connectivity index (χ0) is 13.0. The van der Waals surface area contributed by atoms with Crippen LogP contribution in [0.15, 0.2) is 4.52 Å². The van der Waals surface area contributed by atoms with E-state index in [0.29, 0.717) is 13.1 Å². The van der Waals surface area contributed by atoms with Crippen molar-refractivity contribution in [3.8, 4) is 0 Å². The van der Waals surface area contributed by atoms with Crippen LogP contribution in [0.5, 0.6) is 0 Å². The largest absolute Gasteiger partial charge is 0.361 e. The van der Waals surface area contributed by atoms with Crippen LogP contribution in [-0.2, 0) is 11.3 Å². The minimum absolute atomic E-state index is 0.0227. The summed E-state index contributed by atoms with van der Waals surface area (Å²) in [7, 11) is 3.65. The van der Waals surface area contributed by atoms with Gasteiger partial charge in [0, 0.05) is 25.1 Å². The molecule has 1 atom stereocenters. The van der Waals surface area contributed by atoms with Crippen LogP contribution in [0.1, 0.15) is 23.9 Å². The highest BCUT2D eigenvalue weighted by atomic mass is 16.5. The average Bonchev–Trinajstić information content (AvgIpc) is 2.60. The second kappa shape index (κ2) is 5.82. The Morgan fingerprint density at radius 1 is 1.53 bits per heavy atom. The molecule has 1 aromatic rings. The molecule has 0 bridgehead atoms. The Morgan fingerprint density at radius 2 is 2.18 bits per heavy atom. The summed E-state index contributed by atoms with van der Waals surface area (Å²) in [5.74, 6) is 0.883. The molecule has 1 aromatic heterocycles. The monoisotopic (exact) mass is 239 g/mol. The van der Waals surface area contributed by atoms with E-state index in [0.717, 1.165) is 17.0 Å². The van der Waals surface area contributed by atoms with Crippen molar-refractivity contribution in [2.24, 2.45) is 5.92 Å². The van der Waals surface area contributed by atoms with Crippen molar-refractivity contribution < 1.29 is 9.32 Å². The average molecular weight is 239 g/mol. The summed E-state index contributed by atoms with van der Waals surface area (Å²) in [6, 6.07) is 0. The Balaban J connectivity index is 2.66. The maximum atomic E-state index is 12.0. The molecule has 5 nitrogen and oxygen atoms in total. The fourth-order valence-electron chi connectivity index (χ4n) is 1.81. The second-order valence-electron chi connectivity index (χ2n) is 4.46. The lowest BCUT2D eigenvalue weighted by molar-refractivity contribution is -0.134. The van der Waals surface area contributed by atoms with Crippen molar-refractivity contribution in [1.82, 2.24) is 15.4 Å². The molecule has 1 rings (SSSR count). The van der Waals surface area contributed by atoms with E-state index < -0.39 is 0 Å². The molecule has 0 aliphatic heterocycles. The number of hydrogen-bond donors (Lipinski definition) is 1. The summed E-state index contributed by atoms with van der Waals surface area (Å²) >= 11 is 0. The molecule has 5 heteroatoms. The van der Waals surface area contributed by atoms with Gasteiger partial charge < -0.3 is 14.7 Å². The van der Waals surface area contributed by atoms with E-state index in [-0.39, 0.29) is 11.8 Å². The van der Waals surface area contributed by atoms with Crippen LogP contribution >= 0.6 is 0 Å². The van der Waals surface area contributed by atoms with Crippen LogP contribution in [-0.4, -0.2) is 36.6 Å². The van der Waals surface area contributed by atoms with Crippen LogP contribution in [0.4, 0.5) is 0 Å². The first kappa shape index (κ1) is 13.7. The highest BCUT2D eigenvalue weighted by molar-refractivity contribution is 5.78. The number of nitrogens with one attached hydrogen (secondary N) is 1. The molecule has 0 aliphatic rings. The van der Waals surface area contributed by atoms with Gasteiger partial charge in [-0.05, 0) is 20.9 Å². The van der Waals surface area contributed by atoms with Crippen LogP contribution in [0.3, 0.4) is 0 Å². The van der Waals surface area contributed by atoms with E-state index in [1.54, 1.807) is 11.9 Å². The maximum absolute atomic E-state index is 12.0. The SMILES string of the molecule is CNCC(C)C(=O)N(C)Cc1c(C)noc1C. The smallest absolute Gasteiger partial charge is 0.226 e. The van der Waals surface area contributed by atoms with Crippen LogP contribution in [0.25, 0.3) is 0 Å². The highest BCUT2D eigenvalue weighted by Crippen LogP contribution is 2.15. The van der Waals surface area contributed by atoms with Gasteiger partial charge in [0.05, 0.1) is 12.2 Å². The zero-order valence-electron chi connectivity index (χ0n) is 11.2. The lowest BCUT2D eigenvalue weighted by atomic mass is 10.1. The number of amides is 1. The van der Waals surface area contributed by atoms with Gasteiger partial charge in [-0.15, -0.1) is 0 Å². The molecule has 0 saturated heterocycles. The molecular formula is C12H21N3O2. The van der Waals surface area contributed by atoms with E-state index in [9.17, 15) is 4.79 Å². The van der Waals surface area contributed by atoms with E-state index in [4.69, 9.17) is 4.52 Å². The maximum Gasteiger partial charge on any atom is 0.226 e. The minimum Gasteiger partial charge on any atom is -0.361 e. The summed E-state index contributed by atoms with van der Waals surface area (Å²) < 4.78 is 5.08. The van der Waals surface area contributed by atoms with Gasteiger partial charge in [0.1, 0.15) is 5.76 Å². The van der Waals surface area contributed by atoms with Crippen molar-refractivity contribution in [1.29, 1.82) is 0 Å². The predicted octanol–water partition coefficient (Wildman–Crippen LogP) is 1.11. The number of carbonyl (C=O) groups is 1. The van der Waals surface area contributed by atoms with Crippen molar-refractivity contribution in [3.05, 3.63) is 17.0 Å². The van der Waals surface area contributed by atoms with Gasteiger partial charge in [-0.3, -0.25) is 4.79 Å². The van der Waals surface area contributed by atoms with Crippen molar-refractivity contribution in [2.75, 3.05) is 20.6 Å². The molecule has 0 spiro atoms. The molecule has 1 heterocycles. The normalized spacial score (nSPS) is 12.5. The summed E-state index contributed by atoms with van der Waals surface area (Å²) in [4.78, 5) is 13.7. The number of rotatable bonds is 5. The van der Waals surface area contributed by atoms with Crippen LogP contribution in [0, 0.1) is 19.8 Å². The van der Waals surface area contributed by atoms with E-state index in [1.165, 1.54) is 0 Å². The molecule has 17 heavy (non-hydrogen) atoms. The quantitative estimate of drug-likeness (QED) is 0.836. The van der Waals surface area contributed by atoms with E-state index in [1.807, 2.05) is 27.8 Å². The molecular weight excluding hydrogens is 218 g/mol. The lowest BCUT2D eigenvalue weighted by Crippen LogP contribution is -2.35. The Morgan fingerprint density at radius 3 is 2.65 bits per heavy atom. The van der Waals surface area contributed by atoms with E-state index >= 15 is 0 Å². The summed E-state index contributed by atoms with van der Waals surface area (Å²) in [6.07, 6.45) is 0. The molecule has 1 amide bonds. The number of hydrogen-bond acceptors (Lipinski definition) is 4. The summed E-state index contributed by atoms with van der Waals surface area (Å²) in [6.45, 7) is 6.91. The Bertz CT molecular complexity index is 368. The number of aryl methyl sites for hydroxylation is 2. The number of nitrogens with zero attached hydrogens (tertiary/aromatic N) is 2. The summed E-state index contributed by atoms with van der Waals surface area (Å²) in [5.41, 5.74) is 1.85. The summed E-state index contributed by atoms with van der Waals surface area (Å²) in [5, 5.41) is 6.89. The Labute approximate surface area is 102 Å². The molecule has 1 unspecified atom stereocenters. The minimum atomic E-state index is -0.0227. The molecule has 96 valence electrons. The molecule has 0 aromatic carbocycles.